The van der Waals surface area contributed by atoms with Gasteiger partial charge in [0.2, 0.25) is 0 Å². The number of aromatic nitrogens is 1. The summed E-state index contributed by atoms with van der Waals surface area (Å²) in [5.41, 5.74) is -0.00185. The minimum Gasteiger partial charge on any atom is -0.476 e. The molecule has 0 spiro atoms. The van der Waals surface area contributed by atoms with Crippen molar-refractivity contribution in [2.45, 2.75) is 32.2 Å². The Bertz CT molecular complexity index is 386. The zero-order chi connectivity index (χ0) is 11.7. The van der Waals surface area contributed by atoms with Crippen LogP contribution in [0.3, 0.4) is 0 Å². The van der Waals surface area contributed by atoms with Crippen molar-refractivity contribution in [3.8, 4) is 0 Å². The number of hydrogen-bond donors (Lipinski definition) is 1. The van der Waals surface area contributed by atoms with E-state index in [9.17, 15) is 4.79 Å². The number of aromatic carboxylic acids is 1. The van der Waals surface area contributed by atoms with Gasteiger partial charge in [-0.05, 0) is 26.8 Å². The van der Waals surface area contributed by atoms with Crippen LogP contribution in [0.2, 0.25) is 0 Å². The van der Waals surface area contributed by atoms with Gasteiger partial charge < -0.3 is 14.4 Å². The van der Waals surface area contributed by atoms with Crippen LogP contribution in [-0.4, -0.2) is 40.1 Å². The van der Waals surface area contributed by atoms with Crippen LogP contribution in [-0.2, 0) is 0 Å². The fourth-order valence-electron chi connectivity index (χ4n) is 2.03. The molecule has 88 valence electrons. The fourth-order valence-corrected chi connectivity index (χ4v) is 2.03. The average Bonchev–Trinajstić information content (AvgIpc) is 2.86. The van der Waals surface area contributed by atoms with E-state index in [0.717, 1.165) is 19.5 Å². The van der Waals surface area contributed by atoms with Crippen LogP contribution in [0.25, 0.3) is 0 Å². The van der Waals surface area contributed by atoms with E-state index in [-0.39, 0.29) is 11.6 Å². The first kappa shape index (κ1) is 11.1. The van der Waals surface area contributed by atoms with Gasteiger partial charge in [0, 0.05) is 18.5 Å². The number of likely N-dealkylation sites (tertiary alicyclic amines) is 1. The van der Waals surface area contributed by atoms with Crippen LogP contribution in [0.5, 0.6) is 0 Å². The molecule has 1 aliphatic heterocycles. The molecule has 1 aliphatic rings. The lowest BCUT2D eigenvalue weighted by Crippen LogP contribution is -2.27. The predicted molar refractivity (Wildman–Crippen MR) is 57.5 cm³/mol. The zero-order valence-corrected chi connectivity index (χ0v) is 9.51. The third-order valence-corrected chi connectivity index (χ3v) is 3.04. The number of nitrogens with zero attached hydrogens (tertiary/aromatic N) is 2. The molecule has 2 rings (SSSR count). The molecule has 5 heteroatoms. The van der Waals surface area contributed by atoms with Crippen molar-refractivity contribution < 1.29 is 14.3 Å². The van der Waals surface area contributed by atoms with Crippen LogP contribution < -0.4 is 0 Å². The Morgan fingerprint density at radius 1 is 1.69 bits per heavy atom. The minimum absolute atomic E-state index is 0.00185. The van der Waals surface area contributed by atoms with Crippen molar-refractivity contribution in [2.24, 2.45) is 0 Å². The second-order valence-corrected chi connectivity index (χ2v) is 4.45. The smallest absolute Gasteiger partial charge is 0.357 e. The van der Waals surface area contributed by atoms with E-state index < -0.39 is 5.97 Å². The van der Waals surface area contributed by atoms with Crippen molar-refractivity contribution >= 4 is 5.97 Å². The first-order chi connectivity index (χ1) is 7.58. The Kier molecular flexibility index (Phi) is 2.96. The maximum Gasteiger partial charge on any atom is 0.357 e. The second-order valence-electron chi connectivity index (χ2n) is 4.45. The molecule has 0 amide bonds. The number of carbonyl (C=O) groups is 1. The molecule has 5 nitrogen and oxygen atoms in total. The molecule has 1 atom stereocenters. The van der Waals surface area contributed by atoms with Gasteiger partial charge in [0.15, 0.2) is 11.6 Å². The lowest BCUT2D eigenvalue weighted by molar-refractivity contribution is 0.0690. The lowest BCUT2D eigenvalue weighted by Gasteiger charge is -2.19. The van der Waals surface area contributed by atoms with Gasteiger partial charge in [-0.15, -0.1) is 0 Å². The first-order valence-electron chi connectivity index (χ1n) is 5.50. The highest BCUT2D eigenvalue weighted by molar-refractivity contribution is 5.84. The van der Waals surface area contributed by atoms with Crippen molar-refractivity contribution in [1.82, 2.24) is 9.88 Å². The summed E-state index contributed by atoms with van der Waals surface area (Å²) >= 11 is 0. The van der Waals surface area contributed by atoms with Crippen molar-refractivity contribution in [2.75, 3.05) is 13.1 Å². The van der Waals surface area contributed by atoms with Gasteiger partial charge in [-0.25, -0.2) is 9.78 Å². The third-order valence-electron chi connectivity index (χ3n) is 3.04. The predicted octanol–water partition coefficient (Wildman–Crippen LogP) is 1.57. The van der Waals surface area contributed by atoms with Gasteiger partial charge in [0.1, 0.15) is 6.26 Å². The molecule has 1 aromatic rings. The highest BCUT2D eigenvalue weighted by Crippen LogP contribution is 2.27. The molecule has 0 bridgehead atoms. The largest absolute Gasteiger partial charge is 0.476 e. The molecule has 0 radical (unpaired) electrons. The van der Waals surface area contributed by atoms with Gasteiger partial charge in [-0.3, -0.25) is 0 Å². The number of oxazole rings is 1. The fraction of sp³-hybridized carbons (Fsp3) is 0.636. The van der Waals surface area contributed by atoms with Gasteiger partial charge in [0.25, 0.3) is 0 Å². The first-order valence-corrected chi connectivity index (χ1v) is 5.50. The molecule has 1 unspecified atom stereocenters. The lowest BCUT2D eigenvalue weighted by atomic mass is 10.1. The summed E-state index contributed by atoms with van der Waals surface area (Å²) in [4.78, 5) is 17.0. The summed E-state index contributed by atoms with van der Waals surface area (Å²) in [5.74, 6) is -0.246. The molecule has 2 heterocycles. The maximum atomic E-state index is 10.7. The van der Waals surface area contributed by atoms with Gasteiger partial charge in [-0.2, -0.15) is 0 Å². The van der Waals surface area contributed by atoms with Crippen LogP contribution in [0.4, 0.5) is 0 Å². The normalized spacial score (nSPS) is 21.8. The van der Waals surface area contributed by atoms with Crippen molar-refractivity contribution in [1.29, 1.82) is 0 Å². The topological polar surface area (TPSA) is 66.6 Å². The third kappa shape index (κ3) is 2.09. The summed E-state index contributed by atoms with van der Waals surface area (Å²) in [7, 11) is 0. The standard InChI is InChI=1S/C11H16N2O3/c1-7(2)13-4-3-8(5-13)10-12-9(6-16-10)11(14)15/h6-8H,3-5H2,1-2H3,(H,14,15). The Morgan fingerprint density at radius 3 is 2.94 bits per heavy atom. The SMILES string of the molecule is CC(C)N1CCC(c2nc(C(=O)O)co2)C1. The number of carboxylic acids is 1. The van der Waals surface area contributed by atoms with E-state index in [1.165, 1.54) is 6.26 Å². The minimum atomic E-state index is -1.03. The highest BCUT2D eigenvalue weighted by Gasteiger charge is 2.29. The molecule has 1 N–H and O–H groups in total. The van der Waals surface area contributed by atoms with E-state index >= 15 is 0 Å². The number of hydrogen-bond acceptors (Lipinski definition) is 4. The summed E-state index contributed by atoms with van der Waals surface area (Å²) < 4.78 is 5.22. The zero-order valence-electron chi connectivity index (χ0n) is 9.51. The quantitative estimate of drug-likeness (QED) is 0.844. The van der Waals surface area contributed by atoms with Crippen LogP contribution >= 0.6 is 0 Å². The summed E-state index contributed by atoms with van der Waals surface area (Å²) in [6.07, 6.45) is 2.20. The summed E-state index contributed by atoms with van der Waals surface area (Å²) in [6.45, 7) is 6.23. The maximum absolute atomic E-state index is 10.7. The molecule has 0 saturated carbocycles. The number of carboxylic acid groups (broad SMARTS) is 1. The Labute approximate surface area is 94.1 Å². The molecule has 1 fully saturated rings. The molecule has 0 aromatic carbocycles. The van der Waals surface area contributed by atoms with Gasteiger partial charge in [-0.1, -0.05) is 0 Å². The van der Waals surface area contributed by atoms with Gasteiger partial charge in [0.05, 0.1) is 0 Å². The molecule has 1 aromatic heterocycles. The van der Waals surface area contributed by atoms with Crippen molar-refractivity contribution in [3.05, 3.63) is 17.8 Å². The second kappa shape index (κ2) is 4.25. The monoisotopic (exact) mass is 224 g/mol. The van der Waals surface area contributed by atoms with Crippen LogP contribution in [0.1, 0.15) is 42.6 Å². The number of rotatable bonds is 3. The van der Waals surface area contributed by atoms with E-state index in [1.54, 1.807) is 0 Å². The Morgan fingerprint density at radius 2 is 2.44 bits per heavy atom. The highest BCUT2D eigenvalue weighted by atomic mass is 16.4. The average molecular weight is 224 g/mol. The molecule has 0 aliphatic carbocycles. The summed E-state index contributed by atoms with van der Waals surface area (Å²) in [5, 5.41) is 8.75. The molecular weight excluding hydrogens is 208 g/mol. The molecular formula is C11H16N2O3. The van der Waals surface area contributed by atoms with Crippen LogP contribution in [0, 0.1) is 0 Å². The Hall–Kier alpha value is -1.36. The Balaban J connectivity index is 2.06. The van der Waals surface area contributed by atoms with E-state index in [2.05, 4.69) is 23.7 Å². The van der Waals surface area contributed by atoms with E-state index in [1.807, 2.05) is 0 Å². The van der Waals surface area contributed by atoms with Crippen molar-refractivity contribution in [3.63, 3.8) is 0 Å². The van der Waals surface area contributed by atoms with E-state index in [4.69, 9.17) is 9.52 Å². The summed E-state index contributed by atoms with van der Waals surface area (Å²) in [6, 6.07) is 0.513. The van der Waals surface area contributed by atoms with Gasteiger partial charge >= 0.3 is 5.97 Å². The van der Waals surface area contributed by atoms with E-state index in [0.29, 0.717) is 11.9 Å². The molecule has 16 heavy (non-hydrogen) atoms. The molecule has 1 saturated heterocycles. The van der Waals surface area contributed by atoms with Crippen LogP contribution in [0.15, 0.2) is 10.7 Å².